The molecule has 1 aliphatic heterocycles. The number of ether oxygens (including phenoxy) is 1. The molecule has 2 N–H and O–H groups in total. The van der Waals surface area contributed by atoms with E-state index in [0.29, 0.717) is 18.8 Å². The molecule has 1 heterocycles. The molecule has 0 spiro atoms. The summed E-state index contributed by atoms with van der Waals surface area (Å²) >= 11 is 0. The molecule has 3 atom stereocenters. The predicted octanol–water partition coefficient (Wildman–Crippen LogP) is 2.85. The summed E-state index contributed by atoms with van der Waals surface area (Å²) in [5.74, 6) is -0.192. The fourth-order valence-electron chi connectivity index (χ4n) is 2.66. The first-order chi connectivity index (χ1) is 9.04. The Balaban J connectivity index is 2.43. The minimum Gasteiger partial charge on any atom is -0.375 e. The molecule has 2 rings (SSSR count). The molecule has 0 radical (unpaired) electrons. The van der Waals surface area contributed by atoms with Crippen molar-refractivity contribution in [3.8, 4) is 0 Å². The summed E-state index contributed by atoms with van der Waals surface area (Å²) in [7, 11) is 0. The van der Waals surface area contributed by atoms with Crippen LogP contribution < -0.4 is 10.6 Å². The maximum Gasteiger partial charge on any atom is 0.146 e. The van der Waals surface area contributed by atoms with Gasteiger partial charge in [0.15, 0.2) is 0 Å². The summed E-state index contributed by atoms with van der Waals surface area (Å²) in [6.45, 7) is 7.36. The van der Waals surface area contributed by atoms with E-state index >= 15 is 0 Å². The molecular weight excluding hydrogens is 243 g/mol. The molecule has 3 unspecified atom stereocenters. The molecule has 1 aliphatic rings. The Bertz CT molecular complexity index is 436. The van der Waals surface area contributed by atoms with Crippen molar-refractivity contribution in [1.82, 2.24) is 0 Å². The first-order valence-electron chi connectivity index (χ1n) is 6.96. The highest BCUT2D eigenvalue weighted by Gasteiger charge is 2.29. The van der Waals surface area contributed by atoms with E-state index in [9.17, 15) is 4.39 Å². The average molecular weight is 266 g/mol. The first kappa shape index (κ1) is 14.3. The summed E-state index contributed by atoms with van der Waals surface area (Å²) in [5.41, 5.74) is 7.51. The smallest absolute Gasteiger partial charge is 0.146 e. The number of nitrogens with zero attached hydrogens (tertiary/aromatic N) is 1. The van der Waals surface area contributed by atoms with Crippen molar-refractivity contribution in [2.75, 3.05) is 18.1 Å². The van der Waals surface area contributed by atoms with Crippen LogP contribution in [0.3, 0.4) is 0 Å². The zero-order valence-corrected chi connectivity index (χ0v) is 11.9. The van der Waals surface area contributed by atoms with Gasteiger partial charge in [-0.2, -0.15) is 0 Å². The number of rotatable bonds is 3. The molecule has 0 bridgehead atoms. The van der Waals surface area contributed by atoms with Gasteiger partial charge in [0, 0.05) is 12.6 Å². The zero-order valence-electron chi connectivity index (χ0n) is 11.9. The van der Waals surface area contributed by atoms with Gasteiger partial charge in [0.1, 0.15) is 5.82 Å². The lowest BCUT2D eigenvalue weighted by atomic mass is 10.0. The number of nitrogens with two attached hydrogens (primary N) is 1. The summed E-state index contributed by atoms with van der Waals surface area (Å²) in [6.07, 6.45) is 1.04. The van der Waals surface area contributed by atoms with Gasteiger partial charge in [-0.25, -0.2) is 4.39 Å². The summed E-state index contributed by atoms with van der Waals surface area (Å²) in [6, 6.07) is 5.18. The zero-order chi connectivity index (χ0) is 14.0. The molecule has 1 aromatic carbocycles. The van der Waals surface area contributed by atoms with Crippen LogP contribution in [0.15, 0.2) is 18.2 Å². The SMILES string of the molecule is CCC1COC(C)CN1c1c(F)cccc1C(C)N. The van der Waals surface area contributed by atoms with Crippen LogP contribution in [0.1, 0.15) is 38.8 Å². The quantitative estimate of drug-likeness (QED) is 0.914. The van der Waals surface area contributed by atoms with Gasteiger partial charge in [-0.1, -0.05) is 19.1 Å². The largest absolute Gasteiger partial charge is 0.375 e. The molecule has 0 aliphatic carbocycles. The van der Waals surface area contributed by atoms with Crippen LogP contribution in [0.2, 0.25) is 0 Å². The van der Waals surface area contributed by atoms with E-state index in [1.165, 1.54) is 6.07 Å². The Morgan fingerprint density at radius 1 is 1.53 bits per heavy atom. The number of morpholine rings is 1. The van der Waals surface area contributed by atoms with Crippen molar-refractivity contribution in [1.29, 1.82) is 0 Å². The van der Waals surface area contributed by atoms with Crippen LogP contribution in [-0.4, -0.2) is 25.3 Å². The van der Waals surface area contributed by atoms with Crippen LogP contribution in [0.5, 0.6) is 0 Å². The molecular formula is C15H23FN2O. The van der Waals surface area contributed by atoms with Gasteiger partial charge in [-0.05, 0) is 31.9 Å². The third-order valence-electron chi connectivity index (χ3n) is 3.73. The molecule has 0 amide bonds. The molecule has 0 saturated carbocycles. The normalized spacial score (nSPS) is 25.4. The number of anilines is 1. The lowest BCUT2D eigenvalue weighted by Gasteiger charge is -2.41. The number of hydrogen-bond acceptors (Lipinski definition) is 3. The van der Waals surface area contributed by atoms with Gasteiger partial charge in [0.2, 0.25) is 0 Å². The minimum absolute atomic E-state index is 0.114. The lowest BCUT2D eigenvalue weighted by molar-refractivity contribution is 0.0296. The number of hydrogen-bond donors (Lipinski definition) is 1. The Morgan fingerprint density at radius 2 is 2.26 bits per heavy atom. The molecule has 0 aromatic heterocycles. The Morgan fingerprint density at radius 3 is 2.89 bits per heavy atom. The molecule has 4 heteroatoms. The summed E-state index contributed by atoms with van der Waals surface area (Å²) in [5, 5.41) is 0. The maximum absolute atomic E-state index is 14.3. The molecule has 1 aromatic rings. The fourth-order valence-corrected chi connectivity index (χ4v) is 2.66. The minimum atomic E-state index is -0.192. The second-order valence-corrected chi connectivity index (χ2v) is 5.32. The average Bonchev–Trinajstić information content (AvgIpc) is 2.38. The van der Waals surface area contributed by atoms with Crippen molar-refractivity contribution >= 4 is 5.69 Å². The van der Waals surface area contributed by atoms with Gasteiger partial charge in [0.25, 0.3) is 0 Å². The summed E-state index contributed by atoms with van der Waals surface area (Å²) in [4.78, 5) is 2.13. The Hall–Kier alpha value is -1.13. The predicted molar refractivity (Wildman–Crippen MR) is 75.8 cm³/mol. The Kier molecular flexibility index (Phi) is 4.42. The van der Waals surface area contributed by atoms with Crippen LogP contribution in [0.4, 0.5) is 10.1 Å². The summed E-state index contributed by atoms with van der Waals surface area (Å²) < 4.78 is 20.0. The van der Waals surface area contributed by atoms with Crippen molar-refractivity contribution in [3.05, 3.63) is 29.6 Å². The van der Waals surface area contributed by atoms with Gasteiger partial charge in [-0.3, -0.25) is 0 Å². The van der Waals surface area contributed by atoms with Gasteiger partial charge >= 0.3 is 0 Å². The fraction of sp³-hybridized carbons (Fsp3) is 0.600. The van der Waals surface area contributed by atoms with E-state index in [1.54, 1.807) is 6.07 Å². The van der Waals surface area contributed by atoms with E-state index in [2.05, 4.69) is 11.8 Å². The third kappa shape index (κ3) is 2.90. The molecule has 3 nitrogen and oxygen atoms in total. The van der Waals surface area contributed by atoms with E-state index < -0.39 is 0 Å². The molecule has 1 saturated heterocycles. The molecule has 19 heavy (non-hydrogen) atoms. The standard InChI is InChI=1S/C15H23FN2O/c1-4-12-9-19-10(2)8-18(12)15-13(11(3)17)6-5-7-14(15)16/h5-7,10-12H,4,8-9,17H2,1-3H3. The number of para-hydroxylation sites is 1. The van der Waals surface area contributed by atoms with E-state index in [0.717, 1.165) is 12.0 Å². The van der Waals surface area contributed by atoms with Crippen LogP contribution in [0, 0.1) is 5.82 Å². The Labute approximate surface area is 114 Å². The highest BCUT2D eigenvalue weighted by molar-refractivity contribution is 5.57. The van der Waals surface area contributed by atoms with Crippen LogP contribution in [0.25, 0.3) is 0 Å². The molecule has 106 valence electrons. The second-order valence-electron chi connectivity index (χ2n) is 5.32. The second kappa shape index (κ2) is 5.88. The topological polar surface area (TPSA) is 38.5 Å². The van der Waals surface area contributed by atoms with Crippen molar-refractivity contribution in [2.24, 2.45) is 5.73 Å². The maximum atomic E-state index is 14.3. The van der Waals surface area contributed by atoms with Crippen molar-refractivity contribution < 1.29 is 9.13 Å². The van der Waals surface area contributed by atoms with Gasteiger partial charge in [-0.15, -0.1) is 0 Å². The molecule has 1 fully saturated rings. The first-order valence-corrected chi connectivity index (χ1v) is 6.96. The van der Waals surface area contributed by atoms with Crippen molar-refractivity contribution in [3.63, 3.8) is 0 Å². The number of halogens is 1. The van der Waals surface area contributed by atoms with E-state index in [1.807, 2.05) is 19.9 Å². The highest BCUT2D eigenvalue weighted by atomic mass is 19.1. The van der Waals surface area contributed by atoms with Crippen LogP contribution in [-0.2, 0) is 4.74 Å². The third-order valence-corrected chi connectivity index (χ3v) is 3.73. The van der Waals surface area contributed by atoms with Crippen LogP contribution >= 0.6 is 0 Å². The number of benzene rings is 1. The van der Waals surface area contributed by atoms with Gasteiger partial charge in [0.05, 0.1) is 24.4 Å². The highest BCUT2D eigenvalue weighted by Crippen LogP contribution is 2.32. The van der Waals surface area contributed by atoms with Crippen molar-refractivity contribution in [2.45, 2.75) is 45.4 Å². The van der Waals surface area contributed by atoms with E-state index in [-0.39, 0.29) is 24.0 Å². The lowest BCUT2D eigenvalue weighted by Crippen LogP contribution is -2.49. The van der Waals surface area contributed by atoms with E-state index in [4.69, 9.17) is 10.5 Å². The van der Waals surface area contributed by atoms with Gasteiger partial charge < -0.3 is 15.4 Å². The monoisotopic (exact) mass is 266 g/mol.